The van der Waals surface area contributed by atoms with Crippen LogP contribution in [0.25, 0.3) is 0 Å². The molecule has 0 atom stereocenters. The van der Waals surface area contributed by atoms with Crippen molar-refractivity contribution in [1.82, 2.24) is 5.32 Å². The second-order valence-electron chi connectivity index (χ2n) is 4.56. The van der Waals surface area contributed by atoms with Gasteiger partial charge in [-0.3, -0.25) is 0 Å². The fourth-order valence-corrected chi connectivity index (χ4v) is 2.91. The fourth-order valence-electron chi connectivity index (χ4n) is 1.62. The van der Waals surface area contributed by atoms with E-state index in [1.807, 2.05) is 12.1 Å². The molecular formula is C15H25Br2NO3. The van der Waals surface area contributed by atoms with Gasteiger partial charge in [0.25, 0.3) is 0 Å². The molecule has 4 nitrogen and oxygen atoms in total. The van der Waals surface area contributed by atoms with Gasteiger partial charge in [0.15, 0.2) is 0 Å². The Morgan fingerprint density at radius 2 is 1.52 bits per heavy atom. The van der Waals surface area contributed by atoms with Crippen LogP contribution in [-0.4, -0.2) is 41.6 Å². The van der Waals surface area contributed by atoms with Gasteiger partial charge in [0.2, 0.25) is 0 Å². The van der Waals surface area contributed by atoms with Crippen LogP contribution in [-0.2, 0) is 6.42 Å². The summed E-state index contributed by atoms with van der Waals surface area (Å²) in [6.45, 7) is 3.61. The number of hydrogen-bond donors (Lipinski definition) is 4. The number of halogens is 2. The van der Waals surface area contributed by atoms with Crippen molar-refractivity contribution in [2.45, 2.75) is 32.6 Å². The van der Waals surface area contributed by atoms with Crippen LogP contribution in [0.15, 0.2) is 21.1 Å². The first-order valence-corrected chi connectivity index (χ1v) is 8.74. The Balaban J connectivity index is 0.000000486. The molecule has 0 radical (unpaired) electrons. The molecule has 0 aliphatic rings. The third kappa shape index (κ3) is 10.3. The molecule has 21 heavy (non-hydrogen) atoms. The van der Waals surface area contributed by atoms with Crippen molar-refractivity contribution < 1.29 is 15.3 Å². The van der Waals surface area contributed by atoms with E-state index in [1.54, 1.807) is 0 Å². The summed E-state index contributed by atoms with van der Waals surface area (Å²) < 4.78 is 1.52. The summed E-state index contributed by atoms with van der Waals surface area (Å²) in [6, 6.07) is 3.96. The van der Waals surface area contributed by atoms with Crippen LogP contribution in [0.2, 0.25) is 0 Å². The molecule has 0 aliphatic carbocycles. The summed E-state index contributed by atoms with van der Waals surface area (Å²) in [6.07, 6.45) is 4.78. The summed E-state index contributed by atoms with van der Waals surface area (Å²) in [5.74, 6) is 0.282. The van der Waals surface area contributed by atoms with Gasteiger partial charge in [0.1, 0.15) is 5.75 Å². The second kappa shape index (κ2) is 13.5. The van der Waals surface area contributed by atoms with E-state index in [2.05, 4.69) is 44.1 Å². The highest BCUT2D eigenvalue weighted by Crippen LogP contribution is 2.33. The summed E-state index contributed by atoms with van der Waals surface area (Å²) in [4.78, 5) is 0. The Hall–Kier alpha value is -0.140. The quantitative estimate of drug-likeness (QED) is 0.481. The number of aryl methyl sites for hydroxylation is 1. The lowest BCUT2D eigenvalue weighted by molar-refractivity contribution is 0.266. The number of benzene rings is 1. The molecule has 1 aromatic rings. The van der Waals surface area contributed by atoms with Crippen LogP contribution in [0.4, 0.5) is 0 Å². The van der Waals surface area contributed by atoms with Gasteiger partial charge < -0.3 is 20.6 Å². The fraction of sp³-hybridized carbons (Fsp3) is 0.600. The van der Waals surface area contributed by atoms with Gasteiger partial charge in [0, 0.05) is 13.1 Å². The molecule has 1 rings (SSSR count). The highest BCUT2D eigenvalue weighted by atomic mass is 79.9. The molecule has 0 aromatic heterocycles. The average molecular weight is 427 g/mol. The minimum atomic E-state index is 0.139. The van der Waals surface area contributed by atoms with Crippen molar-refractivity contribution >= 4 is 31.9 Å². The van der Waals surface area contributed by atoms with E-state index in [0.29, 0.717) is 13.1 Å². The predicted molar refractivity (Wildman–Crippen MR) is 93.8 cm³/mol. The first kappa shape index (κ1) is 20.9. The molecule has 0 saturated carbocycles. The first-order valence-electron chi connectivity index (χ1n) is 7.16. The molecule has 0 heterocycles. The van der Waals surface area contributed by atoms with Gasteiger partial charge >= 0.3 is 0 Å². The molecule has 4 N–H and O–H groups in total. The van der Waals surface area contributed by atoms with Crippen molar-refractivity contribution in [2.24, 2.45) is 0 Å². The summed E-state index contributed by atoms with van der Waals surface area (Å²) >= 11 is 6.65. The number of rotatable bonds is 8. The molecule has 0 fully saturated rings. The Bertz CT molecular complexity index is 362. The summed E-state index contributed by atoms with van der Waals surface area (Å²) in [5.41, 5.74) is 1.26. The number of phenolic OH excluding ortho intramolecular Hbond substituents is 1. The van der Waals surface area contributed by atoms with E-state index in [4.69, 9.17) is 10.2 Å². The molecule has 0 aliphatic heterocycles. The van der Waals surface area contributed by atoms with Crippen LogP contribution >= 0.6 is 31.9 Å². The minimum Gasteiger partial charge on any atom is -0.506 e. The van der Waals surface area contributed by atoms with E-state index in [0.717, 1.165) is 15.4 Å². The van der Waals surface area contributed by atoms with Crippen LogP contribution in [0, 0.1) is 0 Å². The maximum Gasteiger partial charge on any atom is 0.143 e. The lowest BCUT2D eigenvalue weighted by Gasteiger charge is -2.05. The third-order valence-corrected chi connectivity index (χ3v) is 3.93. The molecule has 1 aromatic carbocycles. The SMILES string of the molecule is CCCCCc1cc(Br)c(O)c(Br)c1.OCCNCCO. The van der Waals surface area contributed by atoms with Crippen LogP contribution in [0.1, 0.15) is 31.7 Å². The average Bonchev–Trinajstić information content (AvgIpc) is 2.46. The largest absolute Gasteiger partial charge is 0.506 e. The Morgan fingerprint density at radius 3 is 1.95 bits per heavy atom. The van der Waals surface area contributed by atoms with Crippen molar-refractivity contribution in [3.8, 4) is 5.75 Å². The smallest absolute Gasteiger partial charge is 0.143 e. The molecule has 6 heteroatoms. The second-order valence-corrected chi connectivity index (χ2v) is 6.27. The van der Waals surface area contributed by atoms with E-state index < -0.39 is 0 Å². The third-order valence-electron chi connectivity index (χ3n) is 2.72. The topological polar surface area (TPSA) is 72.7 Å². The molecule has 0 amide bonds. The molecule has 0 bridgehead atoms. The number of unbranched alkanes of at least 4 members (excludes halogenated alkanes) is 2. The summed E-state index contributed by atoms with van der Waals surface area (Å²) in [7, 11) is 0. The maximum absolute atomic E-state index is 9.51. The lowest BCUT2D eigenvalue weighted by atomic mass is 10.1. The van der Waals surface area contributed by atoms with Crippen molar-refractivity contribution in [3.05, 3.63) is 26.6 Å². The standard InChI is InChI=1S/C11H14Br2O.C4H11NO2/c1-2-3-4-5-8-6-9(12)11(14)10(13)7-8;6-3-1-5-2-4-7/h6-7,14H,2-5H2,1H3;5-7H,1-4H2. The van der Waals surface area contributed by atoms with E-state index in [-0.39, 0.29) is 19.0 Å². The van der Waals surface area contributed by atoms with Crippen molar-refractivity contribution in [3.63, 3.8) is 0 Å². The van der Waals surface area contributed by atoms with Crippen molar-refractivity contribution in [1.29, 1.82) is 0 Å². The predicted octanol–water partition coefficient (Wildman–Crippen LogP) is 3.21. The van der Waals surface area contributed by atoms with Crippen LogP contribution in [0.5, 0.6) is 5.75 Å². The van der Waals surface area contributed by atoms with E-state index in [9.17, 15) is 5.11 Å². The molecule has 0 spiro atoms. The Kier molecular flexibility index (Phi) is 13.4. The minimum absolute atomic E-state index is 0.139. The number of nitrogens with one attached hydrogen (secondary N) is 1. The molecule has 0 unspecified atom stereocenters. The van der Waals surface area contributed by atoms with Gasteiger partial charge in [-0.05, 0) is 62.4 Å². The zero-order chi connectivity index (χ0) is 16.1. The van der Waals surface area contributed by atoms with Gasteiger partial charge in [-0.2, -0.15) is 0 Å². The normalized spacial score (nSPS) is 10.1. The molecule has 0 saturated heterocycles. The molecule has 122 valence electrons. The van der Waals surface area contributed by atoms with E-state index in [1.165, 1.54) is 24.8 Å². The van der Waals surface area contributed by atoms with E-state index >= 15 is 0 Å². The van der Waals surface area contributed by atoms with Gasteiger partial charge in [0.05, 0.1) is 22.2 Å². The van der Waals surface area contributed by atoms with Crippen molar-refractivity contribution in [2.75, 3.05) is 26.3 Å². The lowest BCUT2D eigenvalue weighted by Crippen LogP contribution is -2.21. The monoisotopic (exact) mass is 425 g/mol. The van der Waals surface area contributed by atoms with Gasteiger partial charge in [-0.15, -0.1) is 0 Å². The Morgan fingerprint density at radius 1 is 1.00 bits per heavy atom. The van der Waals surface area contributed by atoms with Gasteiger partial charge in [-0.1, -0.05) is 19.8 Å². The number of phenols is 1. The number of aliphatic hydroxyl groups is 2. The summed E-state index contributed by atoms with van der Waals surface area (Å²) in [5, 5.41) is 28.6. The number of aromatic hydroxyl groups is 1. The first-order chi connectivity index (χ1) is 10.1. The zero-order valence-electron chi connectivity index (χ0n) is 12.4. The maximum atomic E-state index is 9.51. The van der Waals surface area contributed by atoms with Gasteiger partial charge in [-0.25, -0.2) is 0 Å². The molecular weight excluding hydrogens is 402 g/mol. The van der Waals surface area contributed by atoms with Crippen LogP contribution < -0.4 is 5.32 Å². The number of hydrogen-bond acceptors (Lipinski definition) is 4. The Labute approximate surface area is 143 Å². The highest BCUT2D eigenvalue weighted by Gasteiger charge is 2.05. The number of aliphatic hydroxyl groups excluding tert-OH is 2. The van der Waals surface area contributed by atoms with Crippen LogP contribution in [0.3, 0.4) is 0 Å². The highest BCUT2D eigenvalue weighted by molar-refractivity contribution is 9.11. The zero-order valence-corrected chi connectivity index (χ0v) is 15.6.